The normalized spacial score (nSPS) is 21.2. The second-order valence-corrected chi connectivity index (χ2v) is 19.8. The number of nitrogens with one attached hydrogen (secondary N) is 2. The summed E-state index contributed by atoms with van der Waals surface area (Å²) in [5.41, 5.74) is -5.78. The number of terminal acetylenes is 1. The van der Waals surface area contributed by atoms with Crippen LogP contribution in [0.15, 0.2) is 41.7 Å². The highest BCUT2D eigenvalue weighted by Gasteiger charge is 2.59. The van der Waals surface area contributed by atoms with Crippen LogP contribution in [-0.2, 0) is 33.2 Å². The Morgan fingerprint density at radius 3 is 2.16 bits per heavy atom. The minimum atomic E-state index is -2.48. The van der Waals surface area contributed by atoms with Gasteiger partial charge < -0.3 is 54.2 Å². The first-order valence-corrected chi connectivity index (χ1v) is 22.6. The predicted molar refractivity (Wildman–Crippen MR) is 248 cm³/mol. The molecule has 4 amide bonds. The maximum absolute atomic E-state index is 13.7. The molecule has 2 aromatic heterocycles. The van der Waals surface area contributed by atoms with E-state index in [-0.39, 0.29) is 11.2 Å². The van der Waals surface area contributed by atoms with Crippen LogP contribution in [0.4, 0.5) is 36.4 Å². The number of hydrogen-bond donors (Lipinski definition) is 4. The Kier molecular flexibility index (Phi) is 16.2. The van der Waals surface area contributed by atoms with Gasteiger partial charge in [0.05, 0.1) is 18.9 Å². The number of benzene rings is 1. The monoisotopic (exact) mass is 992 g/mol. The molecule has 1 aromatic carbocycles. The second kappa shape index (κ2) is 20.7. The van der Waals surface area contributed by atoms with Crippen molar-refractivity contribution in [1.29, 1.82) is 0 Å². The number of aliphatic carboxylic acids is 1. The molecule has 21 nitrogen and oxygen atoms in total. The highest BCUT2D eigenvalue weighted by molar-refractivity contribution is 8.03. The number of urea groups is 1. The fourth-order valence-corrected chi connectivity index (χ4v) is 7.80. The number of carboxylic acids is 1. The summed E-state index contributed by atoms with van der Waals surface area (Å²) in [6.07, 6.45) is -0.705. The van der Waals surface area contributed by atoms with Crippen LogP contribution < -0.4 is 20.4 Å². The van der Waals surface area contributed by atoms with E-state index in [0.29, 0.717) is 40.8 Å². The summed E-state index contributed by atoms with van der Waals surface area (Å²) >= 11 is 13.3. The minimum Gasteiger partial charge on any atom is -0.481 e. The Bertz CT molecular complexity index is 2380. The molecule has 2 aliphatic rings. The quantitative estimate of drug-likeness (QED) is 0.0321. The van der Waals surface area contributed by atoms with Crippen molar-refractivity contribution in [3.63, 3.8) is 0 Å². The van der Waals surface area contributed by atoms with Crippen molar-refractivity contribution in [3.05, 3.63) is 47.0 Å². The van der Waals surface area contributed by atoms with Crippen LogP contribution in [0.25, 0.3) is 11.2 Å². The number of ether oxygens (including phenoxy) is 6. The number of imidazole rings is 1. The van der Waals surface area contributed by atoms with Gasteiger partial charge in [-0.05, 0) is 117 Å². The second-order valence-electron chi connectivity index (χ2n) is 18.1. The van der Waals surface area contributed by atoms with Gasteiger partial charge in [-0.1, -0.05) is 17.7 Å². The van der Waals surface area contributed by atoms with E-state index < -0.39 is 100 Å². The third-order valence-corrected chi connectivity index (χ3v) is 10.7. The summed E-state index contributed by atoms with van der Waals surface area (Å²) in [5.74, 6) is 0.111. The van der Waals surface area contributed by atoms with Gasteiger partial charge in [-0.2, -0.15) is 14.9 Å². The summed E-state index contributed by atoms with van der Waals surface area (Å²) in [6.45, 7) is 15.7. The molecule has 0 spiro atoms. The largest absolute Gasteiger partial charge is 0.509 e. The van der Waals surface area contributed by atoms with Crippen molar-refractivity contribution < 1.29 is 62.6 Å². The summed E-state index contributed by atoms with van der Waals surface area (Å²) in [5, 5.41) is 28.9. The lowest BCUT2D eigenvalue weighted by molar-refractivity contribution is -0.139. The molecule has 24 heteroatoms. The predicted octanol–water partition coefficient (Wildman–Crippen LogP) is 7.60. The molecule has 2 aliphatic heterocycles. The molecule has 5 rings (SSSR count). The number of aromatic nitrogens is 4. The van der Waals surface area contributed by atoms with Crippen LogP contribution >= 0.6 is 35.0 Å². The van der Waals surface area contributed by atoms with Crippen LogP contribution in [0.2, 0.25) is 5.28 Å². The minimum absolute atomic E-state index is 0.185. The Balaban J connectivity index is 1.53. The molecule has 4 N–H and O–H groups in total. The van der Waals surface area contributed by atoms with Crippen molar-refractivity contribution >= 4 is 93.7 Å². The lowest BCUT2D eigenvalue weighted by Crippen LogP contribution is -2.51. The van der Waals surface area contributed by atoms with Crippen molar-refractivity contribution in [1.82, 2.24) is 24.8 Å². The molecule has 1 fully saturated rings. The first-order chi connectivity index (χ1) is 31.2. The standard InChI is InChI=1S/C43H54Cl2N8O13S/c1-12-43(60)27(20-61-38-52(26(21-67-38)23(2)33(54)55)25-16-14-24(15-17-25)48-35(56)46-19-13-18-44)62-32(29(43)63-39(59)66-42(9,10)11)51-22-47-28-30(51)49-34(45)50-31(28)53(36(57)64-40(3,4)5)37(58)65-41(6,7)8/h1,14-17,21-23,27,29,32,38,60H,13,18-20H2,2-11H3,(H,54,55)(H2,46,48,56)/t23?,27-,29+,32-,38?,43-/m1/s1. The number of rotatable bonds is 13. The van der Waals surface area contributed by atoms with Gasteiger partial charge >= 0.3 is 30.3 Å². The van der Waals surface area contributed by atoms with Gasteiger partial charge in [0.2, 0.25) is 5.28 Å². The van der Waals surface area contributed by atoms with E-state index in [4.69, 9.17) is 58.0 Å². The molecule has 6 atom stereocenters. The molecule has 4 heterocycles. The van der Waals surface area contributed by atoms with Crippen molar-refractivity contribution in [2.75, 3.05) is 34.1 Å². The number of carbonyl (C=O) groups is 5. The number of aliphatic hydroxyl groups is 1. The van der Waals surface area contributed by atoms with E-state index >= 15 is 0 Å². The van der Waals surface area contributed by atoms with Crippen LogP contribution in [0.1, 0.15) is 81.9 Å². The molecular weight excluding hydrogens is 939 g/mol. The van der Waals surface area contributed by atoms with Gasteiger partial charge in [0, 0.05) is 29.5 Å². The number of imide groups is 1. The number of hydrogen-bond acceptors (Lipinski definition) is 17. The maximum Gasteiger partial charge on any atom is 0.509 e. The fourth-order valence-electron chi connectivity index (χ4n) is 6.41. The Labute approximate surface area is 401 Å². The fraction of sp³-hybridized carbons (Fsp3) is 0.535. The summed E-state index contributed by atoms with van der Waals surface area (Å²) < 4.78 is 36.2. The number of alkyl halides is 1. The number of amides is 4. The topological polar surface area (TPSA) is 255 Å². The highest BCUT2D eigenvalue weighted by Crippen LogP contribution is 2.44. The zero-order valence-corrected chi connectivity index (χ0v) is 40.8. The van der Waals surface area contributed by atoms with Crippen molar-refractivity contribution in [3.8, 4) is 12.3 Å². The number of carboxylic acid groups (broad SMARTS) is 1. The van der Waals surface area contributed by atoms with Crippen LogP contribution in [0.5, 0.6) is 0 Å². The summed E-state index contributed by atoms with van der Waals surface area (Å²) in [6, 6.07) is 6.11. The smallest absolute Gasteiger partial charge is 0.481 e. The van der Waals surface area contributed by atoms with Gasteiger partial charge in [-0.3, -0.25) is 9.36 Å². The number of thioether (sulfide) groups is 1. The van der Waals surface area contributed by atoms with E-state index in [1.807, 2.05) is 0 Å². The average Bonchev–Trinajstić information content (AvgIpc) is 3.89. The molecule has 0 saturated carbocycles. The average molecular weight is 994 g/mol. The molecule has 3 aromatic rings. The van der Waals surface area contributed by atoms with E-state index in [0.717, 1.165) is 18.1 Å². The highest BCUT2D eigenvalue weighted by atomic mass is 35.5. The van der Waals surface area contributed by atoms with Gasteiger partial charge in [0.15, 0.2) is 40.5 Å². The van der Waals surface area contributed by atoms with Gasteiger partial charge in [-0.25, -0.2) is 24.2 Å². The lowest BCUT2D eigenvalue weighted by Gasteiger charge is -2.32. The third kappa shape index (κ3) is 12.9. The Morgan fingerprint density at radius 2 is 1.61 bits per heavy atom. The van der Waals surface area contributed by atoms with Crippen LogP contribution in [-0.4, -0.2) is 119 Å². The van der Waals surface area contributed by atoms with Gasteiger partial charge in [-0.15, -0.1) is 18.0 Å². The molecule has 0 bridgehead atoms. The maximum atomic E-state index is 13.7. The SMILES string of the molecule is C#C[C@@]1(O)[C@@H](COC2SC=C(C(C)C(=O)O)N2c2ccc(NC(=O)NCCCCl)cc2)O[C@@H](n2cnc3c(N(C(=O)OC(C)(C)C)C(=O)OC(C)(C)C)nc(Cl)nc32)[C@@H]1OC(=O)OC(C)(C)C. The molecule has 364 valence electrons. The van der Waals surface area contributed by atoms with Crippen molar-refractivity contribution in [2.24, 2.45) is 5.92 Å². The zero-order chi connectivity index (χ0) is 49.8. The summed E-state index contributed by atoms with van der Waals surface area (Å²) in [4.78, 5) is 80.3. The van der Waals surface area contributed by atoms with Crippen molar-refractivity contribution in [2.45, 2.75) is 122 Å². The van der Waals surface area contributed by atoms with Gasteiger partial charge in [0.1, 0.15) is 22.9 Å². The Hall–Kier alpha value is -5.57. The Morgan fingerprint density at radius 1 is 1.00 bits per heavy atom. The lowest BCUT2D eigenvalue weighted by atomic mass is 9.93. The molecule has 2 unspecified atom stereocenters. The first-order valence-electron chi connectivity index (χ1n) is 20.8. The number of halogens is 2. The van der Waals surface area contributed by atoms with E-state index in [2.05, 4.69) is 31.5 Å². The third-order valence-electron chi connectivity index (χ3n) is 9.34. The van der Waals surface area contributed by atoms with Crippen LogP contribution in [0.3, 0.4) is 0 Å². The molecule has 0 aliphatic carbocycles. The number of anilines is 3. The summed E-state index contributed by atoms with van der Waals surface area (Å²) in [7, 11) is 0. The number of fused-ring (bicyclic) bond motifs is 1. The molecule has 67 heavy (non-hydrogen) atoms. The van der Waals surface area contributed by atoms with E-state index in [1.54, 1.807) is 96.9 Å². The van der Waals surface area contributed by atoms with E-state index in [9.17, 15) is 34.2 Å². The van der Waals surface area contributed by atoms with E-state index in [1.165, 1.54) is 11.5 Å². The number of carbonyl (C=O) groups excluding carboxylic acids is 4. The zero-order valence-electron chi connectivity index (χ0n) is 38.5. The first kappa shape index (κ1) is 52.4. The molecule has 0 radical (unpaired) electrons. The molecule has 1 saturated heterocycles. The van der Waals surface area contributed by atoms with Crippen LogP contribution in [0, 0.1) is 18.3 Å². The molecular formula is C43H54Cl2N8O13S. The number of nitrogens with zero attached hydrogens (tertiary/aromatic N) is 6. The van der Waals surface area contributed by atoms with Gasteiger partial charge in [0.25, 0.3) is 0 Å².